The average molecular weight is 428 g/mol. The molecule has 0 spiro atoms. The van der Waals surface area contributed by atoms with Crippen LogP contribution in [0.4, 0.5) is 5.95 Å². The van der Waals surface area contributed by atoms with E-state index in [2.05, 4.69) is 25.7 Å². The minimum Gasteiger partial charge on any atom is -0.490 e. The third-order valence-corrected chi connectivity index (χ3v) is 4.09. The van der Waals surface area contributed by atoms with Crippen LogP contribution < -0.4 is 20.5 Å². The quantitative estimate of drug-likeness (QED) is 0.414. The first kappa shape index (κ1) is 21.3. The fourth-order valence-electron chi connectivity index (χ4n) is 2.62. The summed E-state index contributed by atoms with van der Waals surface area (Å²) in [4.78, 5) is 14.9. The monoisotopic (exact) mass is 427 g/mol. The number of rotatable bonds is 8. The molecule has 3 rings (SSSR count). The molecular weight excluding hydrogens is 406 g/mol. The van der Waals surface area contributed by atoms with E-state index in [9.17, 15) is 4.79 Å². The molecule has 8 nitrogen and oxygen atoms in total. The number of ether oxygens (including phenoxy) is 2. The zero-order valence-corrected chi connectivity index (χ0v) is 17.6. The molecular formula is C21H22ClN5O3. The normalized spacial score (nSPS) is 11.1. The Kier molecular flexibility index (Phi) is 7.03. The summed E-state index contributed by atoms with van der Waals surface area (Å²) in [6.45, 7) is 6.17. The number of benzene rings is 2. The maximum absolute atomic E-state index is 12.3. The molecule has 0 aliphatic carbocycles. The molecule has 1 aromatic heterocycles. The van der Waals surface area contributed by atoms with Crippen LogP contribution in [0.2, 0.25) is 5.02 Å². The van der Waals surface area contributed by atoms with Gasteiger partial charge in [0.25, 0.3) is 5.56 Å². The van der Waals surface area contributed by atoms with Crippen LogP contribution in [-0.4, -0.2) is 34.1 Å². The Hall–Kier alpha value is -3.39. The molecule has 9 heteroatoms. The number of anilines is 1. The van der Waals surface area contributed by atoms with Crippen LogP contribution in [0.25, 0.3) is 11.3 Å². The van der Waals surface area contributed by atoms with E-state index in [-0.39, 0.29) is 23.3 Å². The molecule has 0 aliphatic rings. The van der Waals surface area contributed by atoms with Crippen molar-refractivity contribution in [3.8, 4) is 22.8 Å². The molecule has 156 valence electrons. The summed E-state index contributed by atoms with van der Waals surface area (Å²) in [5.74, 6) is 1.14. The Bertz CT molecular complexity index is 1080. The summed E-state index contributed by atoms with van der Waals surface area (Å²) < 4.78 is 11.4. The first-order chi connectivity index (χ1) is 14.5. The van der Waals surface area contributed by atoms with Gasteiger partial charge in [0.15, 0.2) is 17.2 Å². The zero-order chi connectivity index (χ0) is 21.5. The van der Waals surface area contributed by atoms with Crippen molar-refractivity contribution in [2.45, 2.75) is 26.9 Å². The van der Waals surface area contributed by atoms with Crippen molar-refractivity contribution in [2.75, 3.05) is 12.0 Å². The molecule has 0 radical (unpaired) electrons. The van der Waals surface area contributed by atoms with Gasteiger partial charge in [0.2, 0.25) is 5.95 Å². The maximum Gasteiger partial charge on any atom is 0.279 e. The number of halogens is 1. The van der Waals surface area contributed by atoms with Crippen LogP contribution in [0.1, 0.15) is 26.3 Å². The van der Waals surface area contributed by atoms with Crippen molar-refractivity contribution in [1.29, 1.82) is 0 Å². The number of nitrogens with one attached hydrogen (secondary N) is 2. The highest BCUT2D eigenvalue weighted by molar-refractivity contribution is 6.32. The van der Waals surface area contributed by atoms with Crippen molar-refractivity contribution in [2.24, 2.45) is 5.10 Å². The Balaban J connectivity index is 1.76. The number of hydrogen-bond acceptors (Lipinski definition) is 7. The molecule has 3 aromatic rings. The van der Waals surface area contributed by atoms with Gasteiger partial charge < -0.3 is 9.47 Å². The lowest BCUT2D eigenvalue weighted by Gasteiger charge is -2.16. The van der Waals surface area contributed by atoms with Gasteiger partial charge >= 0.3 is 0 Å². The van der Waals surface area contributed by atoms with E-state index in [1.807, 2.05) is 39.0 Å². The van der Waals surface area contributed by atoms with Gasteiger partial charge in [-0.1, -0.05) is 41.9 Å². The molecule has 2 N–H and O–H groups in total. The standard InChI is InChI=1S/C21H22ClN5O3/c1-4-29-17-11-14(10-16(22)19(17)30-13(2)3)12-23-26-21-24-20(28)18(25-27-21)15-8-6-5-7-9-15/h5-13H,4H2,1-3H3,(H2,24,26,27,28)/b23-12+. The van der Waals surface area contributed by atoms with Crippen LogP contribution in [-0.2, 0) is 0 Å². The molecule has 0 fully saturated rings. The summed E-state index contributed by atoms with van der Waals surface area (Å²) in [5.41, 5.74) is 3.89. The van der Waals surface area contributed by atoms with Crippen molar-refractivity contribution < 1.29 is 9.47 Å². The lowest BCUT2D eigenvalue weighted by Crippen LogP contribution is -2.15. The first-order valence-electron chi connectivity index (χ1n) is 9.42. The third-order valence-electron chi connectivity index (χ3n) is 3.81. The topological polar surface area (TPSA) is 101 Å². The number of hydrazone groups is 1. The molecule has 1 heterocycles. The molecule has 0 saturated heterocycles. The van der Waals surface area contributed by atoms with Gasteiger partial charge in [0.05, 0.1) is 23.9 Å². The van der Waals surface area contributed by atoms with Gasteiger partial charge in [-0.25, -0.2) is 5.43 Å². The fourth-order valence-corrected chi connectivity index (χ4v) is 2.88. The maximum atomic E-state index is 12.3. The van der Waals surface area contributed by atoms with Gasteiger partial charge in [-0.15, -0.1) is 10.2 Å². The number of hydrogen-bond donors (Lipinski definition) is 2. The highest BCUT2D eigenvalue weighted by atomic mass is 35.5. The number of aromatic nitrogens is 3. The largest absolute Gasteiger partial charge is 0.490 e. The Labute approximate surface area is 178 Å². The lowest BCUT2D eigenvalue weighted by molar-refractivity contribution is 0.224. The highest BCUT2D eigenvalue weighted by Gasteiger charge is 2.13. The SMILES string of the molecule is CCOc1cc(/C=N/Nc2nnc(-c3ccccc3)c(=O)[nH]2)cc(Cl)c1OC(C)C. The molecule has 0 atom stereocenters. The Morgan fingerprint density at radius 2 is 2.00 bits per heavy atom. The van der Waals surface area contributed by atoms with E-state index in [0.717, 1.165) is 0 Å². The molecule has 30 heavy (non-hydrogen) atoms. The van der Waals surface area contributed by atoms with Crippen LogP contribution in [0.3, 0.4) is 0 Å². The van der Waals surface area contributed by atoms with Gasteiger partial charge in [0.1, 0.15) is 0 Å². The van der Waals surface area contributed by atoms with Gasteiger partial charge in [-0.2, -0.15) is 5.10 Å². The predicted molar refractivity (Wildman–Crippen MR) is 118 cm³/mol. The number of aromatic amines is 1. The molecule has 0 saturated carbocycles. The van der Waals surface area contributed by atoms with Crippen molar-refractivity contribution in [3.63, 3.8) is 0 Å². The van der Waals surface area contributed by atoms with Crippen molar-refractivity contribution in [1.82, 2.24) is 15.2 Å². The molecule has 0 amide bonds. The summed E-state index contributed by atoms with van der Waals surface area (Å²) in [7, 11) is 0. The van der Waals surface area contributed by atoms with Crippen LogP contribution >= 0.6 is 11.6 Å². The second kappa shape index (κ2) is 9.89. The van der Waals surface area contributed by atoms with E-state index in [1.165, 1.54) is 6.21 Å². The molecule has 0 unspecified atom stereocenters. The predicted octanol–water partition coefficient (Wildman–Crippen LogP) is 4.12. The van der Waals surface area contributed by atoms with Crippen LogP contribution in [0, 0.1) is 0 Å². The van der Waals surface area contributed by atoms with E-state index in [0.29, 0.717) is 34.3 Å². The zero-order valence-electron chi connectivity index (χ0n) is 16.8. The van der Waals surface area contributed by atoms with E-state index in [1.54, 1.807) is 24.3 Å². The summed E-state index contributed by atoms with van der Waals surface area (Å²) in [6.07, 6.45) is 1.48. The fraction of sp³-hybridized carbons (Fsp3) is 0.238. The minimum absolute atomic E-state index is 0.0443. The molecule has 0 aliphatic heterocycles. The molecule has 0 bridgehead atoms. The van der Waals surface area contributed by atoms with Crippen LogP contribution in [0.5, 0.6) is 11.5 Å². The highest BCUT2D eigenvalue weighted by Crippen LogP contribution is 2.37. The summed E-state index contributed by atoms with van der Waals surface area (Å²) >= 11 is 6.35. The summed E-state index contributed by atoms with van der Waals surface area (Å²) in [5, 5.41) is 12.4. The average Bonchev–Trinajstić information content (AvgIpc) is 2.71. The van der Waals surface area contributed by atoms with Crippen molar-refractivity contribution >= 4 is 23.8 Å². The minimum atomic E-state index is -0.370. The molecule has 2 aromatic carbocycles. The second-order valence-electron chi connectivity index (χ2n) is 6.52. The van der Waals surface area contributed by atoms with E-state index < -0.39 is 0 Å². The third kappa shape index (κ3) is 5.36. The Morgan fingerprint density at radius 3 is 2.67 bits per heavy atom. The van der Waals surface area contributed by atoms with Crippen LogP contribution in [0.15, 0.2) is 52.4 Å². The van der Waals surface area contributed by atoms with E-state index in [4.69, 9.17) is 21.1 Å². The first-order valence-corrected chi connectivity index (χ1v) is 9.80. The van der Waals surface area contributed by atoms with Gasteiger partial charge in [-0.3, -0.25) is 9.78 Å². The number of nitrogens with zero attached hydrogens (tertiary/aromatic N) is 3. The smallest absolute Gasteiger partial charge is 0.279 e. The number of H-pyrrole nitrogens is 1. The Morgan fingerprint density at radius 1 is 1.23 bits per heavy atom. The lowest BCUT2D eigenvalue weighted by atomic mass is 10.2. The summed E-state index contributed by atoms with van der Waals surface area (Å²) in [6, 6.07) is 12.6. The van der Waals surface area contributed by atoms with Gasteiger partial charge in [-0.05, 0) is 38.5 Å². The van der Waals surface area contributed by atoms with Crippen molar-refractivity contribution in [3.05, 3.63) is 63.4 Å². The van der Waals surface area contributed by atoms with Gasteiger partial charge in [0, 0.05) is 5.56 Å². The van der Waals surface area contributed by atoms with E-state index >= 15 is 0 Å². The second-order valence-corrected chi connectivity index (χ2v) is 6.92.